The minimum absolute atomic E-state index is 0.392. The van der Waals surface area contributed by atoms with E-state index in [0.29, 0.717) is 17.1 Å². The summed E-state index contributed by atoms with van der Waals surface area (Å²) in [7, 11) is 2.96. The van der Waals surface area contributed by atoms with Crippen LogP contribution in [-0.4, -0.2) is 37.6 Å². The molecule has 0 spiro atoms. The number of rotatable bonds is 8. The van der Waals surface area contributed by atoms with Gasteiger partial charge in [-0.1, -0.05) is 0 Å². The highest BCUT2D eigenvalue weighted by molar-refractivity contribution is 5.95. The van der Waals surface area contributed by atoms with Crippen LogP contribution in [0, 0.1) is 15.9 Å². The number of halogens is 1. The van der Waals surface area contributed by atoms with Gasteiger partial charge in [0, 0.05) is 23.8 Å². The number of benzene rings is 2. The summed E-state index contributed by atoms with van der Waals surface area (Å²) in [4.78, 5) is 33.6. The summed E-state index contributed by atoms with van der Waals surface area (Å²) in [5.41, 5.74) is -0.238. The molecular weight excluding hydrogens is 387 g/mol. The minimum Gasteiger partial charge on any atom is -0.497 e. The largest absolute Gasteiger partial charge is 0.497 e. The summed E-state index contributed by atoms with van der Waals surface area (Å²) in [6, 6.07) is 7.66. The van der Waals surface area contributed by atoms with Crippen molar-refractivity contribution in [3.8, 4) is 11.5 Å². The zero-order chi connectivity index (χ0) is 21.4. The van der Waals surface area contributed by atoms with Crippen LogP contribution in [0.1, 0.15) is 5.56 Å². The van der Waals surface area contributed by atoms with Crippen molar-refractivity contribution in [1.29, 1.82) is 0 Å². The van der Waals surface area contributed by atoms with Crippen molar-refractivity contribution in [2.75, 3.05) is 26.1 Å². The van der Waals surface area contributed by atoms with Crippen molar-refractivity contribution >= 4 is 29.3 Å². The zero-order valence-electron chi connectivity index (χ0n) is 15.5. The fraction of sp³-hybridized carbons (Fsp3) is 0.158. The summed E-state index contributed by atoms with van der Waals surface area (Å²) in [6.45, 7) is -0.708. The Bertz CT molecular complexity index is 960. The fourth-order valence-electron chi connectivity index (χ4n) is 2.22. The highest BCUT2D eigenvalue weighted by atomic mass is 19.1. The van der Waals surface area contributed by atoms with E-state index in [1.165, 1.54) is 20.3 Å². The maximum Gasteiger partial charge on any atom is 0.331 e. The molecule has 0 saturated heterocycles. The Kier molecular flexibility index (Phi) is 7.24. The molecule has 0 heterocycles. The maximum absolute atomic E-state index is 13.7. The van der Waals surface area contributed by atoms with Gasteiger partial charge in [0.15, 0.2) is 6.61 Å². The van der Waals surface area contributed by atoms with Crippen LogP contribution in [-0.2, 0) is 14.3 Å². The van der Waals surface area contributed by atoms with Gasteiger partial charge < -0.3 is 19.5 Å². The van der Waals surface area contributed by atoms with E-state index < -0.39 is 40.6 Å². The van der Waals surface area contributed by atoms with Crippen molar-refractivity contribution in [2.45, 2.75) is 0 Å². The third-order valence-electron chi connectivity index (χ3n) is 3.62. The molecule has 2 aromatic rings. The van der Waals surface area contributed by atoms with Crippen LogP contribution in [0.15, 0.2) is 42.5 Å². The Morgan fingerprint density at radius 3 is 2.59 bits per heavy atom. The number of methoxy groups -OCH3 is 2. The van der Waals surface area contributed by atoms with Gasteiger partial charge >= 0.3 is 5.97 Å². The monoisotopic (exact) mass is 404 g/mol. The number of nitrogens with zero attached hydrogens (tertiary/aromatic N) is 1. The predicted octanol–water partition coefficient (Wildman–Crippen LogP) is 2.95. The molecule has 0 aromatic heterocycles. The van der Waals surface area contributed by atoms with Gasteiger partial charge in [-0.25, -0.2) is 9.18 Å². The van der Waals surface area contributed by atoms with Gasteiger partial charge in [-0.15, -0.1) is 0 Å². The van der Waals surface area contributed by atoms with Gasteiger partial charge in [0.25, 0.3) is 11.6 Å². The summed E-state index contributed by atoms with van der Waals surface area (Å²) >= 11 is 0. The number of nitro benzene ring substituents is 1. The first-order valence-electron chi connectivity index (χ1n) is 8.14. The van der Waals surface area contributed by atoms with E-state index in [4.69, 9.17) is 14.2 Å². The second-order valence-electron chi connectivity index (χ2n) is 5.52. The zero-order valence-corrected chi connectivity index (χ0v) is 15.5. The molecule has 10 heteroatoms. The highest BCUT2D eigenvalue weighted by Gasteiger charge is 2.14. The van der Waals surface area contributed by atoms with Crippen LogP contribution in [0.25, 0.3) is 6.08 Å². The quantitative estimate of drug-likeness (QED) is 0.311. The van der Waals surface area contributed by atoms with Crippen LogP contribution >= 0.6 is 0 Å². The van der Waals surface area contributed by atoms with E-state index in [0.717, 1.165) is 24.3 Å². The maximum atomic E-state index is 13.7. The first-order chi connectivity index (χ1) is 13.8. The number of ether oxygens (including phenoxy) is 3. The minimum atomic E-state index is -0.861. The van der Waals surface area contributed by atoms with Crippen molar-refractivity contribution in [3.05, 3.63) is 64.0 Å². The first kappa shape index (κ1) is 21.4. The Hall–Kier alpha value is -3.95. The normalized spacial score (nSPS) is 10.4. The number of nitrogens with one attached hydrogen (secondary N) is 1. The second kappa shape index (κ2) is 9.83. The Morgan fingerprint density at radius 2 is 1.93 bits per heavy atom. The molecule has 2 aromatic carbocycles. The van der Waals surface area contributed by atoms with Gasteiger partial charge in [0.05, 0.1) is 24.8 Å². The number of nitro groups is 1. The Balaban J connectivity index is 1.96. The SMILES string of the molecule is COc1ccc(OC)c(C=CC(=O)OCC(=O)Nc2cc([N+](=O)[O-])ccc2F)c1. The van der Waals surface area contributed by atoms with E-state index >= 15 is 0 Å². The fourth-order valence-corrected chi connectivity index (χ4v) is 2.22. The summed E-state index contributed by atoms with van der Waals surface area (Å²) in [5.74, 6) is -1.50. The molecule has 1 amide bonds. The van der Waals surface area contributed by atoms with Crippen LogP contribution in [0.5, 0.6) is 11.5 Å². The average Bonchev–Trinajstić information content (AvgIpc) is 2.71. The lowest BCUT2D eigenvalue weighted by atomic mass is 10.1. The van der Waals surface area contributed by atoms with E-state index in [-0.39, 0.29) is 0 Å². The second-order valence-corrected chi connectivity index (χ2v) is 5.52. The molecule has 0 aliphatic heterocycles. The molecule has 9 nitrogen and oxygen atoms in total. The van der Waals surface area contributed by atoms with Crippen molar-refractivity contribution < 1.29 is 33.1 Å². The summed E-state index contributed by atoms with van der Waals surface area (Å²) < 4.78 is 28.7. The van der Waals surface area contributed by atoms with Crippen molar-refractivity contribution in [2.24, 2.45) is 0 Å². The van der Waals surface area contributed by atoms with E-state index in [9.17, 15) is 24.1 Å². The lowest BCUT2D eigenvalue weighted by Gasteiger charge is -2.07. The van der Waals surface area contributed by atoms with Crippen molar-refractivity contribution in [3.63, 3.8) is 0 Å². The molecule has 0 aliphatic rings. The van der Waals surface area contributed by atoms with Gasteiger partial charge in [0.1, 0.15) is 17.3 Å². The number of hydrogen-bond acceptors (Lipinski definition) is 7. The smallest absolute Gasteiger partial charge is 0.331 e. The highest BCUT2D eigenvalue weighted by Crippen LogP contribution is 2.25. The Morgan fingerprint density at radius 1 is 1.17 bits per heavy atom. The molecule has 2 rings (SSSR count). The summed E-state index contributed by atoms with van der Waals surface area (Å²) in [6.07, 6.45) is 2.50. The van der Waals surface area contributed by atoms with Gasteiger partial charge in [-0.2, -0.15) is 0 Å². The average molecular weight is 404 g/mol. The van der Waals surface area contributed by atoms with Crippen LogP contribution in [0.2, 0.25) is 0 Å². The Labute approximate surface area is 164 Å². The molecule has 0 atom stereocenters. The molecule has 152 valence electrons. The van der Waals surface area contributed by atoms with E-state index in [2.05, 4.69) is 5.32 Å². The molecule has 0 aliphatic carbocycles. The van der Waals surface area contributed by atoms with Gasteiger partial charge in [-0.3, -0.25) is 14.9 Å². The molecule has 29 heavy (non-hydrogen) atoms. The standard InChI is InChI=1S/C19H17FN2O7/c1-27-14-5-7-17(28-2)12(9-14)3-8-19(24)29-11-18(23)21-16-10-13(22(25)26)4-6-15(16)20/h3-10H,11H2,1-2H3,(H,21,23). The number of amides is 1. The molecule has 0 radical (unpaired) electrons. The lowest BCUT2D eigenvalue weighted by molar-refractivity contribution is -0.384. The summed E-state index contributed by atoms with van der Waals surface area (Å²) in [5, 5.41) is 12.8. The van der Waals surface area contributed by atoms with E-state index in [1.807, 2.05) is 0 Å². The molecule has 1 N–H and O–H groups in total. The lowest BCUT2D eigenvalue weighted by Crippen LogP contribution is -2.20. The van der Waals surface area contributed by atoms with E-state index in [1.54, 1.807) is 18.2 Å². The molecule has 0 unspecified atom stereocenters. The topological polar surface area (TPSA) is 117 Å². The van der Waals surface area contributed by atoms with Crippen molar-refractivity contribution in [1.82, 2.24) is 0 Å². The predicted molar refractivity (Wildman–Crippen MR) is 101 cm³/mol. The number of carbonyl (C=O) groups is 2. The number of esters is 1. The number of carbonyl (C=O) groups excluding carboxylic acids is 2. The van der Waals surface area contributed by atoms with Gasteiger partial charge in [0.2, 0.25) is 0 Å². The number of hydrogen-bond donors (Lipinski definition) is 1. The first-order valence-corrected chi connectivity index (χ1v) is 8.14. The molecule has 0 saturated carbocycles. The van der Waals surface area contributed by atoms with Crippen LogP contribution < -0.4 is 14.8 Å². The van der Waals surface area contributed by atoms with Gasteiger partial charge in [-0.05, 0) is 30.3 Å². The third-order valence-corrected chi connectivity index (χ3v) is 3.62. The number of non-ortho nitro benzene ring substituents is 1. The molecule has 0 bridgehead atoms. The third kappa shape index (κ3) is 6.03. The number of anilines is 1. The molecular formula is C19H17FN2O7. The molecule has 0 fully saturated rings. The van der Waals surface area contributed by atoms with Crippen LogP contribution in [0.4, 0.5) is 15.8 Å². The van der Waals surface area contributed by atoms with Crippen LogP contribution in [0.3, 0.4) is 0 Å².